The Morgan fingerprint density at radius 1 is 1.50 bits per heavy atom. The molecule has 6 nitrogen and oxygen atoms in total. The van der Waals surface area contributed by atoms with Crippen molar-refractivity contribution in [3.63, 3.8) is 0 Å². The van der Waals surface area contributed by atoms with Crippen LogP contribution in [0.5, 0.6) is 0 Å². The summed E-state index contributed by atoms with van der Waals surface area (Å²) in [6.45, 7) is 2.15. The van der Waals surface area contributed by atoms with E-state index in [4.69, 9.17) is 10.3 Å². The maximum atomic E-state index is 13.6. The summed E-state index contributed by atoms with van der Waals surface area (Å²) in [5.74, 6) is 0.814. The summed E-state index contributed by atoms with van der Waals surface area (Å²) >= 11 is 0. The molecule has 3 rings (SSSR count). The normalized spacial score (nSPS) is 15.3. The molecule has 0 bridgehead atoms. The van der Waals surface area contributed by atoms with Gasteiger partial charge in [-0.1, -0.05) is 17.3 Å². The van der Waals surface area contributed by atoms with Gasteiger partial charge in [-0.25, -0.2) is 4.39 Å². The molecular weight excluding hydrogens is 311 g/mol. The van der Waals surface area contributed by atoms with Crippen molar-refractivity contribution >= 4 is 5.91 Å². The van der Waals surface area contributed by atoms with Crippen LogP contribution in [0.4, 0.5) is 4.39 Å². The Morgan fingerprint density at radius 2 is 2.29 bits per heavy atom. The predicted molar refractivity (Wildman–Crippen MR) is 86.5 cm³/mol. The summed E-state index contributed by atoms with van der Waals surface area (Å²) in [6.07, 6.45) is 2.85. The molecule has 1 aromatic heterocycles. The number of nitrogens with zero attached hydrogens (tertiary/aromatic N) is 2. The van der Waals surface area contributed by atoms with E-state index >= 15 is 0 Å². The molecule has 1 aliphatic rings. The Balaban J connectivity index is 1.55. The molecule has 3 N–H and O–H groups in total. The third kappa shape index (κ3) is 3.97. The van der Waals surface area contributed by atoms with E-state index in [1.54, 1.807) is 19.1 Å². The summed E-state index contributed by atoms with van der Waals surface area (Å²) < 4.78 is 18.7. The van der Waals surface area contributed by atoms with Crippen molar-refractivity contribution in [2.75, 3.05) is 6.54 Å². The largest absolute Gasteiger partial charge is 0.352 e. The van der Waals surface area contributed by atoms with Gasteiger partial charge < -0.3 is 15.6 Å². The molecule has 1 aromatic carbocycles. The van der Waals surface area contributed by atoms with Gasteiger partial charge in [0.25, 0.3) is 0 Å². The maximum Gasteiger partial charge on any atom is 0.227 e. The first-order valence-electron chi connectivity index (χ1n) is 8.15. The van der Waals surface area contributed by atoms with Crippen LogP contribution in [0.15, 0.2) is 22.7 Å². The van der Waals surface area contributed by atoms with E-state index < -0.39 is 0 Å². The Bertz CT molecular complexity index is 727. The maximum absolute atomic E-state index is 13.6. The van der Waals surface area contributed by atoms with Crippen molar-refractivity contribution in [3.8, 4) is 11.4 Å². The fraction of sp³-hybridized carbons (Fsp3) is 0.471. The fourth-order valence-corrected chi connectivity index (χ4v) is 2.57. The monoisotopic (exact) mass is 332 g/mol. The lowest BCUT2D eigenvalue weighted by Crippen LogP contribution is -2.41. The molecule has 0 aliphatic heterocycles. The third-order valence-electron chi connectivity index (χ3n) is 4.26. The number of aromatic nitrogens is 2. The van der Waals surface area contributed by atoms with Gasteiger partial charge in [-0.2, -0.15) is 4.98 Å². The van der Waals surface area contributed by atoms with E-state index in [0.29, 0.717) is 41.7 Å². The number of nitrogens with one attached hydrogen (secondary N) is 1. The van der Waals surface area contributed by atoms with Crippen LogP contribution in [0.25, 0.3) is 11.4 Å². The molecule has 1 fully saturated rings. The summed E-state index contributed by atoms with van der Waals surface area (Å²) in [5.41, 5.74) is 6.78. The summed E-state index contributed by atoms with van der Waals surface area (Å²) in [7, 11) is 0. The second-order valence-corrected chi connectivity index (χ2v) is 6.22. The Kier molecular flexibility index (Phi) is 4.89. The minimum atomic E-state index is -0.314. The number of hydrogen-bond donors (Lipinski definition) is 2. The lowest BCUT2D eigenvalue weighted by molar-refractivity contribution is -0.121. The molecule has 24 heavy (non-hydrogen) atoms. The molecule has 1 atom stereocenters. The quantitative estimate of drug-likeness (QED) is 0.808. The van der Waals surface area contributed by atoms with E-state index in [-0.39, 0.29) is 24.2 Å². The number of aryl methyl sites for hydroxylation is 2. The molecule has 0 spiro atoms. The van der Waals surface area contributed by atoms with Gasteiger partial charge in [-0.15, -0.1) is 0 Å². The zero-order chi connectivity index (χ0) is 17.1. The first-order chi connectivity index (χ1) is 11.6. The van der Waals surface area contributed by atoms with Gasteiger partial charge in [0.2, 0.25) is 17.6 Å². The highest BCUT2D eigenvalue weighted by Gasteiger charge is 2.31. The van der Waals surface area contributed by atoms with Crippen LogP contribution < -0.4 is 11.1 Å². The van der Waals surface area contributed by atoms with Crippen LogP contribution >= 0.6 is 0 Å². The highest BCUT2D eigenvalue weighted by Crippen LogP contribution is 2.32. The van der Waals surface area contributed by atoms with Crippen molar-refractivity contribution in [1.29, 1.82) is 0 Å². The van der Waals surface area contributed by atoms with Crippen LogP contribution in [0.3, 0.4) is 0 Å². The standard InChI is InChI=1S/C17H21FN4O2/c1-10-2-3-12(8-13(10)18)17-21-16(24-22-17)7-6-15(23)20-14(9-19)11-4-5-11/h2-3,8,11,14H,4-7,9,19H2,1H3,(H,20,23). The van der Waals surface area contributed by atoms with Gasteiger partial charge in [-0.3, -0.25) is 4.79 Å². The average Bonchev–Trinajstić information content (AvgIpc) is 3.31. The molecule has 1 aliphatic carbocycles. The molecule has 1 unspecified atom stereocenters. The zero-order valence-electron chi connectivity index (χ0n) is 13.6. The fourth-order valence-electron chi connectivity index (χ4n) is 2.57. The number of halogens is 1. The topological polar surface area (TPSA) is 94.0 Å². The Morgan fingerprint density at radius 3 is 2.96 bits per heavy atom. The molecule has 2 aromatic rings. The second-order valence-electron chi connectivity index (χ2n) is 6.22. The summed E-state index contributed by atoms with van der Waals surface area (Å²) in [6, 6.07) is 4.84. The number of hydrogen-bond acceptors (Lipinski definition) is 5. The average molecular weight is 332 g/mol. The smallest absolute Gasteiger partial charge is 0.227 e. The third-order valence-corrected chi connectivity index (χ3v) is 4.26. The number of benzene rings is 1. The van der Waals surface area contributed by atoms with E-state index in [0.717, 1.165) is 12.8 Å². The van der Waals surface area contributed by atoms with Crippen LogP contribution in [0.2, 0.25) is 0 Å². The predicted octanol–water partition coefficient (Wildman–Crippen LogP) is 1.97. The van der Waals surface area contributed by atoms with Crippen molar-refractivity contribution in [1.82, 2.24) is 15.5 Å². The van der Waals surface area contributed by atoms with Crippen LogP contribution in [-0.4, -0.2) is 28.6 Å². The number of rotatable bonds is 7. The first kappa shape index (κ1) is 16.6. The SMILES string of the molecule is Cc1ccc(-c2noc(CCC(=O)NC(CN)C3CC3)n2)cc1F. The molecule has 1 amide bonds. The molecule has 0 radical (unpaired) electrons. The zero-order valence-corrected chi connectivity index (χ0v) is 13.6. The molecule has 1 saturated carbocycles. The molecule has 7 heteroatoms. The minimum absolute atomic E-state index is 0.0614. The highest BCUT2D eigenvalue weighted by atomic mass is 19.1. The number of amides is 1. The minimum Gasteiger partial charge on any atom is -0.352 e. The van der Waals surface area contributed by atoms with Crippen molar-refractivity contribution in [2.24, 2.45) is 11.7 Å². The lowest BCUT2D eigenvalue weighted by Gasteiger charge is -2.15. The van der Waals surface area contributed by atoms with Gasteiger partial charge in [0, 0.05) is 31.0 Å². The summed E-state index contributed by atoms with van der Waals surface area (Å²) in [4.78, 5) is 16.2. The molecule has 1 heterocycles. The number of nitrogens with two attached hydrogens (primary N) is 1. The van der Waals surface area contributed by atoms with E-state index in [1.807, 2.05) is 0 Å². The van der Waals surface area contributed by atoms with Gasteiger partial charge in [0.05, 0.1) is 0 Å². The van der Waals surface area contributed by atoms with Crippen molar-refractivity contribution in [3.05, 3.63) is 35.5 Å². The number of carbonyl (C=O) groups is 1. The van der Waals surface area contributed by atoms with Gasteiger partial charge >= 0.3 is 0 Å². The van der Waals surface area contributed by atoms with Gasteiger partial charge in [0.15, 0.2) is 0 Å². The molecular formula is C17H21FN4O2. The van der Waals surface area contributed by atoms with E-state index in [1.165, 1.54) is 6.07 Å². The highest BCUT2D eigenvalue weighted by molar-refractivity contribution is 5.76. The van der Waals surface area contributed by atoms with E-state index in [9.17, 15) is 9.18 Å². The van der Waals surface area contributed by atoms with Crippen molar-refractivity contribution < 1.29 is 13.7 Å². The Hall–Kier alpha value is -2.28. The van der Waals surface area contributed by atoms with Gasteiger partial charge in [0.1, 0.15) is 5.82 Å². The van der Waals surface area contributed by atoms with Crippen molar-refractivity contribution in [2.45, 2.75) is 38.6 Å². The van der Waals surface area contributed by atoms with Crippen LogP contribution in [0, 0.1) is 18.7 Å². The molecule has 0 saturated heterocycles. The first-order valence-corrected chi connectivity index (χ1v) is 8.15. The summed E-state index contributed by atoms with van der Waals surface area (Å²) in [5, 5.41) is 6.79. The second kappa shape index (κ2) is 7.09. The van der Waals surface area contributed by atoms with Gasteiger partial charge in [-0.05, 0) is 37.3 Å². The number of carbonyl (C=O) groups excluding carboxylic acids is 1. The lowest BCUT2D eigenvalue weighted by atomic mass is 10.1. The molecule has 128 valence electrons. The van der Waals surface area contributed by atoms with E-state index in [2.05, 4.69) is 15.5 Å². The van der Waals surface area contributed by atoms with Crippen LogP contribution in [0.1, 0.15) is 30.7 Å². The Labute approximate surface area is 139 Å². The van der Waals surface area contributed by atoms with Crippen LogP contribution in [-0.2, 0) is 11.2 Å².